The van der Waals surface area contributed by atoms with Gasteiger partial charge >= 0.3 is 17.9 Å². The summed E-state index contributed by atoms with van der Waals surface area (Å²) in [4.78, 5) is 35.8. The molecule has 0 aliphatic carbocycles. The first-order valence-electron chi connectivity index (χ1n) is 8.88. The second-order valence-electron chi connectivity index (χ2n) is 6.36. The van der Waals surface area contributed by atoms with Gasteiger partial charge in [-0.25, -0.2) is 9.59 Å². The number of nitrogens with one attached hydrogen (secondary N) is 2. The number of rotatable bonds is 8. The zero-order chi connectivity index (χ0) is 19.6. The molecule has 0 saturated carbocycles. The van der Waals surface area contributed by atoms with E-state index in [1.807, 2.05) is 30.3 Å². The van der Waals surface area contributed by atoms with E-state index in [1.54, 1.807) is 0 Å². The number of benzene rings is 1. The van der Waals surface area contributed by atoms with Crippen LogP contribution in [0.4, 0.5) is 0 Å². The minimum atomic E-state index is -1.20. The third kappa shape index (κ3) is 6.33. The number of hydrogen-bond acceptors (Lipinski definition) is 8. The van der Waals surface area contributed by atoms with Crippen LogP contribution in [0.15, 0.2) is 30.3 Å². The molecule has 1 fully saturated rings. The minimum Gasteiger partial charge on any atom is -0.469 e. The van der Waals surface area contributed by atoms with E-state index in [9.17, 15) is 14.4 Å². The number of piperidine rings is 1. The molecule has 1 aliphatic rings. The highest BCUT2D eigenvalue weighted by atomic mass is 16.6. The summed E-state index contributed by atoms with van der Waals surface area (Å²) in [5.41, 5.74) is 0.831. The first-order valence-corrected chi connectivity index (χ1v) is 8.88. The van der Waals surface area contributed by atoms with E-state index >= 15 is 0 Å². The van der Waals surface area contributed by atoms with Crippen molar-refractivity contribution >= 4 is 17.9 Å². The van der Waals surface area contributed by atoms with Crippen LogP contribution in [0.5, 0.6) is 0 Å². The highest BCUT2D eigenvalue weighted by Crippen LogP contribution is 2.15. The lowest BCUT2D eigenvalue weighted by Gasteiger charge is -2.29. The second-order valence-corrected chi connectivity index (χ2v) is 6.36. The molecule has 2 N–H and O–H groups in total. The summed E-state index contributed by atoms with van der Waals surface area (Å²) in [5.74, 6) is -1.78. The number of methoxy groups -OCH3 is 2. The quantitative estimate of drug-likeness (QED) is 0.381. The molecule has 0 spiro atoms. The van der Waals surface area contributed by atoms with Crippen molar-refractivity contribution in [2.24, 2.45) is 5.92 Å². The van der Waals surface area contributed by atoms with Crippen LogP contribution in [0.25, 0.3) is 0 Å². The van der Waals surface area contributed by atoms with Crippen LogP contribution in [-0.4, -0.2) is 57.3 Å². The highest BCUT2D eigenvalue weighted by molar-refractivity contribution is 5.99. The van der Waals surface area contributed by atoms with Crippen molar-refractivity contribution in [3.8, 4) is 0 Å². The molecule has 1 aromatic rings. The Morgan fingerprint density at radius 3 is 2.44 bits per heavy atom. The Morgan fingerprint density at radius 1 is 1.11 bits per heavy atom. The van der Waals surface area contributed by atoms with Crippen molar-refractivity contribution in [1.29, 1.82) is 0 Å². The van der Waals surface area contributed by atoms with E-state index < -0.39 is 18.0 Å². The lowest BCUT2D eigenvalue weighted by atomic mass is 9.94. The third-order valence-electron chi connectivity index (χ3n) is 4.52. The predicted molar refractivity (Wildman–Crippen MR) is 96.6 cm³/mol. The summed E-state index contributed by atoms with van der Waals surface area (Å²) in [7, 11) is 2.60. The minimum absolute atomic E-state index is 0.0278. The van der Waals surface area contributed by atoms with Crippen LogP contribution in [0.3, 0.4) is 0 Å². The number of hydrogen-bond donors (Lipinski definition) is 2. The lowest BCUT2D eigenvalue weighted by molar-refractivity contribution is -0.157. The Hall–Kier alpha value is -2.45. The Balaban J connectivity index is 1.83. The van der Waals surface area contributed by atoms with Gasteiger partial charge in [0.25, 0.3) is 0 Å². The topological polar surface area (TPSA) is 103 Å². The maximum Gasteiger partial charge on any atom is 0.335 e. The largest absolute Gasteiger partial charge is 0.469 e. The Morgan fingerprint density at radius 2 is 1.85 bits per heavy atom. The summed E-state index contributed by atoms with van der Waals surface area (Å²) in [6.45, 7) is 0.950. The number of esters is 3. The summed E-state index contributed by atoms with van der Waals surface area (Å²) in [5, 5.41) is 6.13. The van der Waals surface area contributed by atoms with Gasteiger partial charge in [-0.3, -0.25) is 10.1 Å². The number of ether oxygens (including phenoxy) is 3. The average Bonchev–Trinajstić information content (AvgIpc) is 2.72. The molecule has 0 amide bonds. The van der Waals surface area contributed by atoms with E-state index in [2.05, 4.69) is 10.6 Å². The smallest absolute Gasteiger partial charge is 0.335 e. The van der Waals surface area contributed by atoms with Gasteiger partial charge in [-0.05, 0) is 18.4 Å². The molecule has 8 heteroatoms. The molecule has 3 unspecified atom stereocenters. The van der Waals surface area contributed by atoms with Crippen molar-refractivity contribution in [2.45, 2.75) is 31.5 Å². The monoisotopic (exact) mass is 378 g/mol. The van der Waals surface area contributed by atoms with Gasteiger partial charge in [-0.1, -0.05) is 30.3 Å². The number of carbonyl (C=O) groups excluding carboxylic acids is 3. The highest BCUT2D eigenvalue weighted by Gasteiger charge is 2.31. The van der Waals surface area contributed by atoms with Crippen LogP contribution in [-0.2, 0) is 35.2 Å². The van der Waals surface area contributed by atoms with Crippen LogP contribution >= 0.6 is 0 Å². The molecular formula is C19H26N2O6. The van der Waals surface area contributed by atoms with Gasteiger partial charge in [-0.15, -0.1) is 0 Å². The molecule has 8 nitrogen and oxygen atoms in total. The first kappa shape index (κ1) is 20.9. The van der Waals surface area contributed by atoms with Crippen molar-refractivity contribution in [3.05, 3.63) is 35.9 Å². The second kappa shape index (κ2) is 10.6. The van der Waals surface area contributed by atoms with Crippen molar-refractivity contribution in [3.63, 3.8) is 0 Å². The first-order chi connectivity index (χ1) is 13.0. The lowest BCUT2D eigenvalue weighted by Crippen LogP contribution is -2.52. The van der Waals surface area contributed by atoms with Gasteiger partial charge in [0.15, 0.2) is 0 Å². The van der Waals surface area contributed by atoms with Gasteiger partial charge in [0.1, 0.15) is 6.61 Å². The summed E-state index contributed by atoms with van der Waals surface area (Å²) >= 11 is 0. The molecule has 148 valence electrons. The van der Waals surface area contributed by atoms with Gasteiger partial charge in [0, 0.05) is 19.1 Å². The van der Waals surface area contributed by atoms with Crippen molar-refractivity contribution in [1.82, 2.24) is 10.6 Å². The van der Waals surface area contributed by atoms with Crippen LogP contribution in [0.2, 0.25) is 0 Å². The van der Waals surface area contributed by atoms with E-state index in [0.29, 0.717) is 19.5 Å². The van der Waals surface area contributed by atoms with Crippen LogP contribution in [0.1, 0.15) is 18.4 Å². The molecule has 1 heterocycles. The molecule has 2 rings (SSSR count). The molecule has 1 aliphatic heterocycles. The fourth-order valence-electron chi connectivity index (χ4n) is 2.91. The zero-order valence-corrected chi connectivity index (χ0v) is 15.6. The molecule has 1 aromatic carbocycles. The molecule has 0 aromatic heterocycles. The summed E-state index contributed by atoms with van der Waals surface area (Å²) in [6.07, 6.45) is 1.41. The van der Waals surface area contributed by atoms with Crippen LogP contribution < -0.4 is 10.6 Å². The van der Waals surface area contributed by atoms with Gasteiger partial charge in [0.2, 0.25) is 6.04 Å². The molecular weight excluding hydrogens is 352 g/mol. The molecule has 3 atom stereocenters. The Labute approximate surface area is 158 Å². The van der Waals surface area contributed by atoms with Gasteiger partial charge in [0.05, 0.1) is 20.1 Å². The predicted octanol–water partition coefficient (Wildman–Crippen LogP) is 0.402. The van der Waals surface area contributed by atoms with Crippen LogP contribution in [0, 0.1) is 5.92 Å². The Kier molecular flexibility index (Phi) is 8.22. The normalized spacial score (nSPS) is 20.4. The molecule has 27 heavy (non-hydrogen) atoms. The summed E-state index contributed by atoms with van der Waals surface area (Å²) < 4.78 is 14.7. The van der Waals surface area contributed by atoms with Crippen molar-refractivity contribution in [2.75, 3.05) is 27.3 Å². The summed E-state index contributed by atoms with van der Waals surface area (Å²) in [6, 6.07) is 8.05. The van der Waals surface area contributed by atoms with Crippen molar-refractivity contribution < 1.29 is 28.6 Å². The fourth-order valence-corrected chi connectivity index (χ4v) is 2.91. The van der Waals surface area contributed by atoms with E-state index in [0.717, 1.165) is 12.0 Å². The molecule has 1 saturated heterocycles. The SMILES string of the molecule is COC(=O)C1CCC(CNC(C(=O)OC)C(=O)OCc2ccccc2)NC1. The van der Waals surface area contributed by atoms with E-state index in [1.165, 1.54) is 14.2 Å². The maximum atomic E-state index is 12.3. The van der Waals surface area contributed by atoms with Gasteiger partial charge < -0.3 is 19.5 Å². The molecule has 0 bridgehead atoms. The fraction of sp³-hybridized carbons (Fsp3) is 0.526. The third-order valence-corrected chi connectivity index (χ3v) is 4.52. The Bertz CT molecular complexity index is 628. The number of carbonyl (C=O) groups is 3. The standard InChI is InChI=1S/C19H26N2O6/c1-25-17(22)14-8-9-15(20-10-14)11-21-16(18(23)26-2)19(24)27-12-13-6-4-3-5-7-13/h3-7,14-16,20-21H,8-12H2,1-2H3. The van der Waals surface area contributed by atoms with E-state index in [-0.39, 0.29) is 24.5 Å². The maximum absolute atomic E-state index is 12.3. The molecule has 0 radical (unpaired) electrons. The average molecular weight is 378 g/mol. The van der Waals surface area contributed by atoms with E-state index in [4.69, 9.17) is 14.2 Å². The zero-order valence-electron chi connectivity index (χ0n) is 15.6. The van der Waals surface area contributed by atoms with Gasteiger partial charge in [-0.2, -0.15) is 0 Å².